The van der Waals surface area contributed by atoms with Crippen LogP contribution in [0.4, 0.5) is 0 Å². The van der Waals surface area contributed by atoms with Crippen molar-refractivity contribution in [3.05, 3.63) is 65.7 Å². The summed E-state index contributed by atoms with van der Waals surface area (Å²) in [6.45, 7) is 1.06. The van der Waals surface area contributed by atoms with Crippen LogP contribution in [0.3, 0.4) is 0 Å². The van der Waals surface area contributed by atoms with Gasteiger partial charge in [0.1, 0.15) is 5.75 Å². The first-order valence-corrected chi connectivity index (χ1v) is 10.5. The summed E-state index contributed by atoms with van der Waals surface area (Å²) in [5, 5.41) is 0. The van der Waals surface area contributed by atoms with Crippen LogP contribution in [0.2, 0.25) is 0 Å². The number of hydrogen-bond acceptors (Lipinski definition) is 4. The van der Waals surface area contributed by atoms with Gasteiger partial charge in [-0.2, -0.15) is 8.42 Å². The highest BCUT2D eigenvalue weighted by atomic mass is 32.2. The molecular formula is C20H23NO4S. The lowest BCUT2D eigenvalue weighted by molar-refractivity contribution is -0.139. The van der Waals surface area contributed by atoms with Gasteiger partial charge in [0.25, 0.3) is 0 Å². The molecule has 1 amide bonds. The van der Waals surface area contributed by atoms with Crippen molar-refractivity contribution in [2.24, 2.45) is 5.92 Å². The summed E-state index contributed by atoms with van der Waals surface area (Å²) in [5.74, 6) is 0.597. The number of benzene rings is 2. The maximum absolute atomic E-state index is 12.8. The number of hydrogen-bond donors (Lipinski definition) is 0. The van der Waals surface area contributed by atoms with E-state index >= 15 is 0 Å². The quantitative estimate of drug-likeness (QED) is 0.698. The molecule has 0 atom stereocenters. The van der Waals surface area contributed by atoms with Crippen LogP contribution in [0.25, 0.3) is 0 Å². The Labute approximate surface area is 154 Å². The van der Waals surface area contributed by atoms with Crippen molar-refractivity contribution >= 4 is 16.0 Å². The predicted octanol–water partition coefficient (Wildman–Crippen LogP) is 3.35. The molecule has 1 aliphatic carbocycles. The van der Waals surface area contributed by atoms with Crippen LogP contribution in [-0.2, 0) is 28.0 Å². The van der Waals surface area contributed by atoms with E-state index in [4.69, 9.17) is 4.18 Å². The largest absolute Gasteiger partial charge is 0.383 e. The molecule has 1 aliphatic rings. The van der Waals surface area contributed by atoms with Crippen molar-refractivity contribution in [1.82, 2.24) is 4.90 Å². The lowest BCUT2D eigenvalue weighted by Crippen LogP contribution is -2.38. The minimum absolute atomic E-state index is 0.131. The smallest absolute Gasteiger partial charge is 0.306 e. The van der Waals surface area contributed by atoms with Gasteiger partial charge < -0.3 is 9.08 Å². The van der Waals surface area contributed by atoms with Gasteiger partial charge in [-0.1, -0.05) is 48.9 Å². The summed E-state index contributed by atoms with van der Waals surface area (Å²) < 4.78 is 27.3. The number of rotatable bonds is 7. The Balaban J connectivity index is 1.73. The molecule has 0 heterocycles. The molecule has 138 valence electrons. The third-order valence-electron chi connectivity index (χ3n) is 4.53. The first-order valence-electron chi connectivity index (χ1n) is 8.72. The van der Waals surface area contributed by atoms with E-state index in [0.717, 1.165) is 36.6 Å². The molecule has 0 spiro atoms. The van der Waals surface area contributed by atoms with Crippen LogP contribution in [0.5, 0.6) is 5.75 Å². The molecule has 1 fully saturated rings. The van der Waals surface area contributed by atoms with Gasteiger partial charge in [0.15, 0.2) is 0 Å². The average Bonchev–Trinajstić information content (AvgIpc) is 2.54. The van der Waals surface area contributed by atoms with E-state index in [1.54, 1.807) is 24.3 Å². The van der Waals surface area contributed by atoms with Crippen LogP contribution >= 0.6 is 0 Å². The van der Waals surface area contributed by atoms with Gasteiger partial charge >= 0.3 is 10.1 Å². The molecule has 0 aliphatic heterocycles. The zero-order chi connectivity index (χ0) is 18.6. The Morgan fingerprint density at radius 1 is 1.00 bits per heavy atom. The van der Waals surface area contributed by atoms with Crippen molar-refractivity contribution in [2.45, 2.75) is 32.4 Å². The fourth-order valence-electron chi connectivity index (χ4n) is 2.97. The highest BCUT2D eigenvalue weighted by Gasteiger charge is 2.29. The van der Waals surface area contributed by atoms with Crippen LogP contribution < -0.4 is 4.18 Å². The van der Waals surface area contributed by atoms with E-state index in [1.165, 1.54) is 0 Å². The van der Waals surface area contributed by atoms with Gasteiger partial charge in [-0.3, -0.25) is 4.79 Å². The molecular weight excluding hydrogens is 350 g/mol. The SMILES string of the molecule is CS(=O)(=O)Oc1ccc(CN(Cc2ccccc2)C(=O)C2CCC2)cc1. The Kier molecular flexibility index (Phi) is 5.61. The lowest BCUT2D eigenvalue weighted by Gasteiger charge is -2.32. The molecule has 0 radical (unpaired) electrons. The molecule has 1 saturated carbocycles. The second-order valence-electron chi connectivity index (χ2n) is 6.74. The molecule has 0 saturated heterocycles. The molecule has 3 rings (SSSR count). The van der Waals surface area contributed by atoms with Crippen molar-refractivity contribution in [2.75, 3.05) is 6.26 Å². The van der Waals surface area contributed by atoms with E-state index in [9.17, 15) is 13.2 Å². The summed E-state index contributed by atoms with van der Waals surface area (Å²) in [6.07, 6.45) is 4.06. The molecule has 0 bridgehead atoms. The zero-order valence-corrected chi connectivity index (χ0v) is 15.6. The monoisotopic (exact) mass is 373 g/mol. The van der Waals surface area contributed by atoms with Crippen molar-refractivity contribution in [3.8, 4) is 5.75 Å². The Morgan fingerprint density at radius 3 is 2.08 bits per heavy atom. The summed E-state index contributed by atoms with van der Waals surface area (Å²) >= 11 is 0. The predicted molar refractivity (Wildman–Crippen MR) is 100.0 cm³/mol. The fourth-order valence-corrected chi connectivity index (χ4v) is 3.44. The zero-order valence-electron chi connectivity index (χ0n) is 14.8. The number of nitrogens with zero attached hydrogens (tertiary/aromatic N) is 1. The van der Waals surface area contributed by atoms with Gasteiger partial charge in [0.05, 0.1) is 6.26 Å². The van der Waals surface area contributed by atoms with Crippen LogP contribution in [0.15, 0.2) is 54.6 Å². The van der Waals surface area contributed by atoms with Crippen molar-refractivity contribution in [1.29, 1.82) is 0 Å². The topological polar surface area (TPSA) is 63.7 Å². The van der Waals surface area contributed by atoms with Crippen LogP contribution in [-0.4, -0.2) is 25.5 Å². The van der Waals surface area contributed by atoms with Gasteiger partial charge in [-0.05, 0) is 36.1 Å². The van der Waals surface area contributed by atoms with E-state index in [1.807, 2.05) is 35.2 Å². The minimum atomic E-state index is -3.54. The summed E-state index contributed by atoms with van der Waals surface area (Å²) in [6, 6.07) is 16.8. The third-order valence-corrected chi connectivity index (χ3v) is 5.02. The Morgan fingerprint density at radius 2 is 1.58 bits per heavy atom. The lowest BCUT2D eigenvalue weighted by atomic mass is 9.84. The first kappa shape index (κ1) is 18.5. The maximum atomic E-state index is 12.8. The standard InChI is InChI=1S/C20H23NO4S/c1-26(23,24)25-19-12-10-17(11-13-19)15-21(20(22)18-8-5-9-18)14-16-6-3-2-4-7-16/h2-4,6-7,10-13,18H,5,8-9,14-15H2,1H3. The molecule has 0 N–H and O–H groups in total. The average molecular weight is 373 g/mol. The van der Waals surface area contributed by atoms with Gasteiger partial charge in [-0.15, -0.1) is 0 Å². The highest BCUT2D eigenvalue weighted by Crippen LogP contribution is 2.29. The fraction of sp³-hybridized carbons (Fsp3) is 0.350. The maximum Gasteiger partial charge on any atom is 0.306 e. The Bertz CT molecular complexity index is 843. The molecule has 2 aromatic rings. The molecule has 2 aromatic carbocycles. The summed E-state index contributed by atoms with van der Waals surface area (Å²) in [5.41, 5.74) is 2.03. The Hall–Kier alpha value is -2.34. The minimum Gasteiger partial charge on any atom is -0.383 e. The van der Waals surface area contributed by atoms with Gasteiger partial charge in [0, 0.05) is 19.0 Å². The normalized spacial score (nSPS) is 14.5. The van der Waals surface area contributed by atoms with E-state index in [2.05, 4.69) is 0 Å². The molecule has 0 unspecified atom stereocenters. The molecule has 6 heteroatoms. The second kappa shape index (κ2) is 7.91. The third kappa shape index (κ3) is 5.08. The number of amides is 1. The molecule has 0 aromatic heterocycles. The second-order valence-corrected chi connectivity index (χ2v) is 8.31. The van der Waals surface area contributed by atoms with E-state index in [-0.39, 0.29) is 17.6 Å². The number of carbonyl (C=O) groups is 1. The van der Waals surface area contributed by atoms with E-state index in [0.29, 0.717) is 13.1 Å². The summed E-state index contributed by atoms with van der Waals surface area (Å²) in [7, 11) is -3.54. The summed E-state index contributed by atoms with van der Waals surface area (Å²) in [4.78, 5) is 14.7. The van der Waals surface area contributed by atoms with E-state index < -0.39 is 10.1 Å². The van der Waals surface area contributed by atoms with Gasteiger partial charge in [0.2, 0.25) is 5.91 Å². The number of carbonyl (C=O) groups excluding carboxylic acids is 1. The highest BCUT2D eigenvalue weighted by molar-refractivity contribution is 7.86. The van der Waals surface area contributed by atoms with Gasteiger partial charge in [-0.25, -0.2) is 0 Å². The molecule has 5 nitrogen and oxygen atoms in total. The molecule has 26 heavy (non-hydrogen) atoms. The van der Waals surface area contributed by atoms with Crippen LogP contribution in [0.1, 0.15) is 30.4 Å². The first-order chi connectivity index (χ1) is 12.4. The van der Waals surface area contributed by atoms with Crippen LogP contribution in [0, 0.1) is 5.92 Å². The van der Waals surface area contributed by atoms with Crippen molar-refractivity contribution in [3.63, 3.8) is 0 Å². The van der Waals surface area contributed by atoms with Crippen molar-refractivity contribution < 1.29 is 17.4 Å².